The van der Waals surface area contributed by atoms with Crippen LogP contribution in [0.15, 0.2) is 18.2 Å². The van der Waals surface area contributed by atoms with Crippen LogP contribution in [0, 0.1) is 16.1 Å². The number of carbonyl (C=O) groups excluding carboxylic acids is 1. The van der Waals surface area contributed by atoms with Crippen LogP contribution >= 0.6 is 12.2 Å². The van der Waals surface area contributed by atoms with E-state index in [1.165, 1.54) is 0 Å². The molecule has 1 unspecified atom stereocenters. The molecule has 21 heavy (non-hydrogen) atoms. The smallest absolute Gasteiger partial charge is 0.243 e. The van der Waals surface area contributed by atoms with Gasteiger partial charge in [-0.1, -0.05) is 0 Å². The summed E-state index contributed by atoms with van der Waals surface area (Å²) in [4.78, 5) is 15.4. The summed E-state index contributed by atoms with van der Waals surface area (Å²) in [6, 6.07) is 6.90. The molecule has 0 saturated heterocycles. The number of aromatic nitrogens is 2. The van der Waals surface area contributed by atoms with Gasteiger partial charge in [0.25, 0.3) is 0 Å². The minimum atomic E-state index is -0.459. The van der Waals surface area contributed by atoms with Crippen LogP contribution in [0.2, 0.25) is 0 Å². The fraction of sp³-hybridized carbons (Fsp3) is 0.400. The summed E-state index contributed by atoms with van der Waals surface area (Å²) in [6.07, 6.45) is 0. The Balaban J connectivity index is 2.50. The maximum atomic E-state index is 12.4. The van der Waals surface area contributed by atoms with Crippen molar-refractivity contribution in [2.75, 3.05) is 0 Å². The fourth-order valence-electron chi connectivity index (χ4n) is 2.17. The van der Waals surface area contributed by atoms with Gasteiger partial charge in [0, 0.05) is 5.54 Å². The summed E-state index contributed by atoms with van der Waals surface area (Å²) >= 11 is 5.31. The van der Waals surface area contributed by atoms with Crippen molar-refractivity contribution in [3.8, 4) is 6.07 Å². The van der Waals surface area contributed by atoms with Crippen molar-refractivity contribution in [2.24, 2.45) is 0 Å². The molecule has 2 rings (SSSR count). The van der Waals surface area contributed by atoms with Crippen molar-refractivity contribution in [2.45, 2.75) is 39.3 Å². The zero-order valence-corrected chi connectivity index (χ0v) is 13.3. The van der Waals surface area contributed by atoms with Crippen LogP contribution in [-0.2, 0) is 4.79 Å². The molecule has 0 fully saturated rings. The van der Waals surface area contributed by atoms with E-state index < -0.39 is 6.04 Å². The molecule has 6 heteroatoms. The van der Waals surface area contributed by atoms with E-state index in [0.717, 1.165) is 11.0 Å². The average molecular weight is 302 g/mol. The van der Waals surface area contributed by atoms with Gasteiger partial charge >= 0.3 is 0 Å². The van der Waals surface area contributed by atoms with E-state index in [0.29, 0.717) is 10.3 Å². The molecule has 0 spiro atoms. The van der Waals surface area contributed by atoms with Gasteiger partial charge in [-0.15, -0.1) is 0 Å². The Morgan fingerprint density at radius 3 is 2.71 bits per heavy atom. The number of nitrogens with one attached hydrogen (secondary N) is 2. The van der Waals surface area contributed by atoms with Gasteiger partial charge in [-0.3, -0.25) is 4.79 Å². The highest BCUT2D eigenvalue weighted by Gasteiger charge is 2.22. The Kier molecular flexibility index (Phi) is 3.88. The van der Waals surface area contributed by atoms with Crippen molar-refractivity contribution in [1.82, 2.24) is 14.9 Å². The zero-order valence-electron chi connectivity index (χ0n) is 12.5. The molecule has 0 aliphatic carbocycles. The van der Waals surface area contributed by atoms with Crippen LogP contribution in [0.4, 0.5) is 0 Å². The van der Waals surface area contributed by atoms with Crippen molar-refractivity contribution in [3.05, 3.63) is 28.5 Å². The summed E-state index contributed by atoms with van der Waals surface area (Å²) < 4.78 is 2.21. The normalized spacial score (nSPS) is 12.9. The number of hydrogen-bond donors (Lipinski definition) is 2. The summed E-state index contributed by atoms with van der Waals surface area (Å²) in [7, 11) is 0. The first-order valence-electron chi connectivity index (χ1n) is 6.69. The number of amides is 1. The summed E-state index contributed by atoms with van der Waals surface area (Å²) in [5.74, 6) is -0.109. The average Bonchev–Trinajstić information content (AvgIpc) is 2.70. The van der Waals surface area contributed by atoms with Gasteiger partial charge in [0.05, 0.1) is 22.7 Å². The number of aromatic amines is 1. The van der Waals surface area contributed by atoms with E-state index in [4.69, 9.17) is 17.5 Å². The third kappa shape index (κ3) is 3.14. The summed E-state index contributed by atoms with van der Waals surface area (Å²) in [5, 5.41) is 12.0. The molecule has 0 aliphatic rings. The SMILES string of the molecule is CC(C(=O)NC(C)(C)C)n1c(=S)[nH]c2ccc(C#N)cc21. The number of carbonyl (C=O) groups is 1. The molecular weight excluding hydrogens is 284 g/mol. The van der Waals surface area contributed by atoms with Crippen molar-refractivity contribution in [3.63, 3.8) is 0 Å². The summed E-state index contributed by atoms with van der Waals surface area (Å²) in [5.41, 5.74) is 1.80. The molecule has 2 aromatic rings. The third-order valence-corrected chi connectivity index (χ3v) is 3.41. The highest BCUT2D eigenvalue weighted by Crippen LogP contribution is 2.21. The van der Waals surface area contributed by atoms with Gasteiger partial charge in [0.1, 0.15) is 6.04 Å². The minimum Gasteiger partial charge on any atom is -0.350 e. The lowest BCUT2D eigenvalue weighted by molar-refractivity contribution is -0.125. The third-order valence-electron chi connectivity index (χ3n) is 3.11. The first-order chi connectivity index (χ1) is 9.73. The second kappa shape index (κ2) is 5.34. The number of nitrogens with zero attached hydrogens (tertiary/aromatic N) is 2. The van der Waals surface area contributed by atoms with Crippen molar-refractivity contribution in [1.29, 1.82) is 5.26 Å². The van der Waals surface area contributed by atoms with Gasteiger partial charge in [-0.25, -0.2) is 0 Å². The lowest BCUT2D eigenvalue weighted by atomic mass is 10.1. The first kappa shape index (κ1) is 15.3. The van der Waals surface area contributed by atoms with E-state index in [1.54, 1.807) is 29.7 Å². The Morgan fingerprint density at radius 1 is 1.48 bits per heavy atom. The number of imidazole rings is 1. The topological polar surface area (TPSA) is 73.6 Å². The number of fused-ring (bicyclic) bond motifs is 1. The first-order valence-corrected chi connectivity index (χ1v) is 7.10. The maximum absolute atomic E-state index is 12.4. The number of hydrogen-bond acceptors (Lipinski definition) is 3. The molecule has 5 nitrogen and oxygen atoms in total. The van der Waals surface area contributed by atoms with Crippen LogP contribution in [0.5, 0.6) is 0 Å². The second-order valence-corrected chi connectivity index (χ2v) is 6.45. The monoisotopic (exact) mass is 302 g/mol. The molecule has 0 aliphatic heterocycles. The van der Waals surface area contributed by atoms with Crippen LogP contribution in [0.1, 0.15) is 39.3 Å². The lowest BCUT2D eigenvalue weighted by Crippen LogP contribution is -2.43. The number of benzene rings is 1. The zero-order chi connectivity index (χ0) is 15.8. The molecule has 0 bridgehead atoms. The second-order valence-electron chi connectivity index (χ2n) is 6.06. The Bertz CT molecular complexity index is 789. The minimum absolute atomic E-state index is 0.109. The molecule has 2 N–H and O–H groups in total. The van der Waals surface area contributed by atoms with E-state index in [2.05, 4.69) is 16.4 Å². The molecular formula is C15H18N4OS. The van der Waals surface area contributed by atoms with Gasteiger partial charge in [0.2, 0.25) is 5.91 Å². The van der Waals surface area contributed by atoms with Gasteiger partial charge in [-0.05, 0) is 58.1 Å². The molecule has 1 aromatic heterocycles. The van der Waals surface area contributed by atoms with E-state index in [9.17, 15) is 4.79 Å². The number of H-pyrrole nitrogens is 1. The van der Waals surface area contributed by atoms with E-state index >= 15 is 0 Å². The number of rotatable bonds is 2. The van der Waals surface area contributed by atoms with E-state index in [1.807, 2.05) is 20.8 Å². The van der Waals surface area contributed by atoms with Crippen LogP contribution < -0.4 is 5.32 Å². The maximum Gasteiger partial charge on any atom is 0.243 e. The molecule has 1 heterocycles. The van der Waals surface area contributed by atoms with Crippen molar-refractivity contribution < 1.29 is 4.79 Å². The Labute approximate surface area is 128 Å². The fourth-order valence-corrected chi connectivity index (χ4v) is 2.53. The number of nitriles is 1. The largest absolute Gasteiger partial charge is 0.350 e. The quantitative estimate of drug-likeness (QED) is 0.837. The van der Waals surface area contributed by atoms with Gasteiger partial charge in [0.15, 0.2) is 4.77 Å². The molecule has 110 valence electrons. The van der Waals surface area contributed by atoms with Crippen molar-refractivity contribution >= 4 is 29.2 Å². The van der Waals surface area contributed by atoms with Crippen LogP contribution in [0.3, 0.4) is 0 Å². The predicted octanol–water partition coefficient (Wildman–Crippen LogP) is 3.05. The van der Waals surface area contributed by atoms with Crippen LogP contribution in [0.25, 0.3) is 11.0 Å². The van der Waals surface area contributed by atoms with Crippen LogP contribution in [-0.4, -0.2) is 21.0 Å². The Hall–Kier alpha value is -2.13. The summed E-state index contributed by atoms with van der Waals surface area (Å²) in [6.45, 7) is 7.59. The van der Waals surface area contributed by atoms with Gasteiger partial charge < -0.3 is 14.9 Å². The van der Waals surface area contributed by atoms with E-state index in [-0.39, 0.29) is 11.4 Å². The van der Waals surface area contributed by atoms with Gasteiger partial charge in [-0.2, -0.15) is 5.26 Å². The highest BCUT2D eigenvalue weighted by molar-refractivity contribution is 7.71. The predicted molar refractivity (Wildman–Crippen MR) is 84.4 cm³/mol. The lowest BCUT2D eigenvalue weighted by Gasteiger charge is -2.24. The molecule has 1 atom stereocenters. The highest BCUT2D eigenvalue weighted by atomic mass is 32.1. The molecule has 0 saturated carbocycles. The standard InChI is InChI=1S/C15H18N4OS/c1-9(13(20)18-15(2,3)4)19-12-7-10(8-16)5-6-11(12)17-14(19)21/h5-7,9H,1-4H3,(H,17,21)(H,18,20). The Morgan fingerprint density at radius 2 is 2.14 bits per heavy atom. The molecule has 1 aromatic carbocycles. The molecule has 0 radical (unpaired) electrons. The molecule has 1 amide bonds.